The van der Waals surface area contributed by atoms with Gasteiger partial charge in [-0.2, -0.15) is 0 Å². The minimum atomic E-state index is -0.354. The molecule has 174 valence electrons. The van der Waals surface area contributed by atoms with E-state index in [1.165, 1.54) is 11.8 Å². The van der Waals surface area contributed by atoms with Crippen molar-refractivity contribution < 1.29 is 19.1 Å². The third-order valence-electron chi connectivity index (χ3n) is 5.12. The first-order valence-electron chi connectivity index (χ1n) is 10.9. The number of aliphatic imine (C=N–C) groups is 1. The Bertz CT molecular complexity index is 1010. The molecule has 2 unspecified atom stereocenters. The van der Waals surface area contributed by atoms with Crippen molar-refractivity contribution >= 4 is 40.1 Å². The summed E-state index contributed by atoms with van der Waals surface area (Å²) in [6.07, 6.45) is -0.354. The molecule has 2 aromatic rings. The van der Waals surface area contributed by atoms with Crippen molar-refractivity contribution in [3.63, 3.8) is 0 Å². The van der Waals surface area contributed by atoms with E-state index in [0.717, 1.165) is 11.5 Å². The number of carbonyl (C=O) groups is 2. The number of nitrogens with one attached hydrogen (secondary N) is 3. The van der Waals surface area contributed by atoms with E-state index in [4.69, 9.17) is 14.5 Å². The summed E-state index contributed by atoms with van der Waals surface area (Å²) in [5.74, 6) is 1.03. The zero-order chi connectivity index (χ0) is 23.2. The van der Waals surface area contributed by atoms with E-state index < -0.39 is 0 Å². The summed E-state index contributed by atoms with van der Waals surface area (Å²) < 4.78 is 10.9. The lowest BCUT2D eigenvalue weighted by Gasteiger charge is -2.32. The molecule has 0 radical (unpaired) electrons. The topological polar surface area (TPSA) is 104 Å². The van der Waals surface area contributed by atoms with Crippen LogP contribution in [-0.2, 0) is 9.59 Å². The van der Waals surface area contributed by atoms with E-state index in [1.807, 2.05) is 50.2 Å². The number of carbonyl (C=O) groups excluding carboxylic acids is 2. The normalized spacial score (nSPS) is 19.6. The van der Waals surface area contributed by atoms with Crippen molar-refractivity contribution in [3.05, 3.63) is 48.5 Å². The van der Waals surface area contributed by atoms with Gasteiger partial charge < -0.3 is 14.8 Å². The molecule has 9 nitrogen and oxygen atoms in total. The summed E-state index contributed by atoms with van der Waals surface area (Å²) in [4.78, 5) is 32.1. The fourth-order valence-electron chi connectivity index (χ4n) is 3.59. The third kappa shape index (κ3) is 5.47. The predicted octanol–water partition coefficient (Wildman–Crippen LogP) is 2.61. The lowest BCUT2D eigenvalue weighted by atomic mass is 10.0. The number of hydrogen-bond acceptors (Lipinski definition) is 8. The summed E-state index contributed by atoms with van der Waals surface area (Å²) in [6, 6.07) is 14.5. The van der Waals surface area contributed by atoms with Gasteiger partial charge in [-0.05, 0) is 62.4 Å². The summed E-state index contributed by atoms with van der Waals surface area (Å²) >= 11 is 1.23. The van der Waals surface area contributed by atoms with Crippen LogP contribution in [0.15, 0.2) is 53.5 Å². The van der Waals surface area contributed by atoms with Gasteiger partial charge in [-0.3, -0.25) is 19.9 Å². The van der Waals surface area contributed by atoms with Gasteiger partial charge in [-0.25, -0.2) is 10.4 Å². The highest BCUT2D eigenvalue weighted by Crippen LogP contribution is 2.30. The highest BCUT2D eigenvalue weighted by atomic mass is 32.2. The number of thioether (sulfide) groups is 1. The minimum absolute atomic E-state index is 0.0638. The highest BCUT2D eigenvalue weighted by Gasteiger charge is 2.42. The molecule has 0 bridgehead atoms. The molecule has 0 aliphatic carbocycles. The van der Waals surface area contributed by atoms with Crippen LogP contribution in [0, 0.1) is 5.92 Å². The Morgan fingerprint density at radius 2 is 1.73 bits per heavy atom. The second-order valence-corrected chi connectivity index (χ2v) is 8.33. The van der Waals surface area contributed by atoms with E-state index in [0.29, 0.717) is 36.3 Å². The van der Waals surface area contributed by atoms with Gasteiger partial charge in [-0.15, -0.1) is 0 Å². The molecule has 4 rings (SSSR count). The first kappa shape index (κ1) is 23.1. The number of benzene rings is 2. The molecule has 2 atom stereocenters. The number of nitrogens with zero attached hydrogens (tertiary/aromatic N) is 2. The predicted molar refractivity (Wildman–Crippen MR) is 130 cm³/mol. The molecule has 1 saturated heterocycles. The minimum Gasteiger partial charge on any atom is -0.494 e. The molecule has 0 spiro atoms. The van der Waals surface area contributed by atoms with E-state index in [1.54, 1.807) is 17.0 Å². The van der Waals surface area contributed by atoms with Crippen LogP contribution in [0.4, 0.5) is 11.4 Å². The Morgan fingerprint density at radius 3 is 2.36 bits per heavy atom. The van der Waals surface area contributed by atoms with Crippen LogP contribution < -0.4 is 30.5 Å². The van der Waals surface area contributed by atoms with Gasteiger partial charge in [0.1, 0.15) is 17.7 Å². The van der Waals surface area contributed by atoms with Gasteiger partial charge in [-0.1, -0.05) is 11.8 Å². The van der Waals surface area contributed by atoms with Gasteiger partial charge in [0.25, 0.3) is 0 Å². The Balaban J connectivity index is 1.46. The molecule has 0 saturated carbocycles. The number of hydrazine groups is 1. The number of amides is 2. The maximum absolute atomic E-state index is 13.3. The van der Waals surface area contributed by atoms with Gasteiger partial charge in [0.15, 0.2) is 5.17 Å². The third-order valence-corrected chi connectivity index (χ3v) is 6.07. The van der Waals surface area contributed by atoms with Crippen molar-refractivity contribution in [2.24, 2.45) is 10.9 Å². The number of rotatable bonds is 8. The molecular weight excluding hydrogens is 442 g/mol. The van der Waals surface area contributed by atoms with Gasteiger partial charge >= 0.3 is 0 Å². The van der Waals surface area contributed by atoms with Crippen molar-refractivity contribution in [2.75, 3.05) is 35.7 Å². The highest BCUT2D eigenvalue weighted by molar-refractivity contribution is 8.14. The average molecular weight is 470 g/mol. The fourth-order valence-corrected chi connectivity index (χ4v) is 4.44. The first-order valence-corrected chi connectivity index (χ1v) is 11.9. The molecule has 2 aliphatic rings. The van der Waals surface area contributed by atoms with Crippen LogP contribution in [0.25, 0.3) is 0 Å². The van der Waals surface area contributed by atoms with Gasteiger partial charge in [0, 0.05) is 12.2 Å². The largest absolute Gasteiger partial charge is 0.494 e. The standard InChI is InChI=1S/C23H27N5O4S/c1-3-31-17-9-5-15(6-10-17)25-20(29)14-33-23-26-21-19(13-24-27-21)22(30)28(23)16-7-11-18(12-8-16)32-4-2/h5-12,19,21,24,27H,3-4,13-14H2,1-2H3,(H,25,29). The van der Waals surface area contributed by atoms with Crippen LogP contribution in [-0.4, -0.2) is 48.7 Å². The summed E-state index contributed by atoms with van der Waals surface area (Å²) in [5.41, 5.74) is 7.39. The average Bonchev–Trinajstić information content (AvgIpc) is 3.29. The summed E-state index contributed by atoms with van der Waals surface area (Å²) in [7, 11) is 0. The quantitative estimate of drug-likeness (QED) is 0.546. The van der Waals surface area contributed by atoms with E-state index in [2.05, 4.69) is 16.2 Å². The number of amidine groups is 1. The molecular formula is C23H27N5O4S. The van der Waals surface area contributed by atoms with Crippen LogP contribution in [0.2, 0.25) is 0 Å². The molecule has 33 heavy (non-hydrogen) atoms. The molecule has 1 fully saturated rings. The Labute approximate surface area is 196 Å². The number of hydrogen-bond donors (Lipinski definition) is 3. The van der Waals surface area contributed by atoms with Crippen LogP contribution in [0.3, 0.4) is 0 Å². The monoisotopic (exact) mass is 469 g/mol. The number of anilines is 2. The van der Waals surface area contributed by atoms with Gasteiger partial charge in [0.05, 0.1) is 30.6 Å². The number of ether oxygens (including phenoxy) is 2. The van der Waals surface area contributed by atoms with Crippen molar-refractivity contribution in [3.8, 4) is 11.5 Å². The Hall–Kier alpha value is -3.08. The van der Waals surface area contributed by atoms with Crippen molar-refractivity contribution in [1.82, 2.24) is 10.9 Å². The molecule has 2 aromatic carbocycles. The second-order valence-electron chi connectivity index (χ2n) is 7.38. The van der Waals surface area contributed by atoms with E-state index >= 15 is 0 Å². The van der Waals surface area contributed by atoms with Crippen LogP contribution >= 0.6 is 11.8 Å². The van der Waals surface area contributed by atoms with E-state index in [9.17, 15) is 9.59 Å². The van der Waals surface area contributed by atoms with E-state index in [-0.39, 0.29) is 29.7 Å². The molecule has 3 N–H and O–H groups in total. The number of fused-ring (bicyclic) bond motifs is 1. The van der Waals surface area contributed by atoms with Crippen molar-refractivity contribution in [1.29, 1.82) is 0 Å². The summed E-state index contributed by atoms with van der Waals surface area (Å²) in [6.45, 7) is 5.48. The van der Waals surface area contributed by atoms with Crippen molar-refractivity contribution in [2.45, 2.75) is 20.0 Å². The smallest absolute Gasteiger partial charge is 0.241 e. The molecule has 2 heterocycles. The van der Waals surface area contributed by atoms with Gasteiger partial charge in [0.2, 0.25) is 11.8 Å². The zero-order valence-electron chi connectivity index (χ0n) is 18.5. The summed E-state index contributed by atoms with van der Waals surface area (Å²) in [5, 5.41) is 3.34. The zero-order valence-corrected chi connectivity index (χ0v) is 19.4. The molecule has 10 heteroatoms. The molecule has 2 amide bonds. The lowest BCUT2D eigenvalue weighted by molar-refractivity contribution is -0.121. The Kier molecular flexibility index (Phi) is 7.48. The van der Waals surface area contributed by atoms with Crippen LogP contribution in [0.1, 0.15) is 13.8 Å². The van der Waals surface area contributed by atoms with Crippen LogP contribution in [0.5, 0.6) is 11.5 Å². The SMILES string of the molecule is CCOc1ccc(NC(=O)CSC2=NC3NNCC3C(=O)N2c2ccc(OCC)cc2)cc1. The lowest BCUT2D eigenvalue weighted by Crippen LogP contribution is -2.49. The first-order chi connectivity index (χ1) is 16.1. The molecule has 0 aromatic heterocycles. The second kappa shape index (κ2) is 10.7. The Morgan fingerprint density at radius 1 is 1.09 bits per heavy atom. The maximum Gasteiger partial charge on any atom is 0.241 e. The maximum atomic E-state index is 13.3. The fraction of sp³-hybridized carbons (Fsp3) is 0.348. The molecule has 2 aliphatic heterocycles.